The lowest BCUT2D eigenvalue weighted by Crippen LogP contribution is -2.37. The molecule has 1 aliphatic rings. The molecule has 2 heterocycles. The minimum Gasteiger partial charge on any atom is -0.346 e. The van der Waals surface area contributed by atoms with Crippen molar-refractivity contribution >= 4 is 11.8 Å². The van der Waals surface area contributed by atoms with Gasteiger partial charge in [-0.15, -0.1) is 0 Å². The molecule has 3 rings (SSSR count). The molecule has 0 bridgehead atoms. The third kappa shape index (κ3) is 3.64. The first-order valence-electron chi connectivity index (χ1n) is 8.21. The SMILES string of the molecule is CC(C)c1cc(C(=O)NC2CC(=O)N(Cc3ccccc3)C2)n[nH]1. The third-order valence-electron chi connectivity index (χ3n) is 4.22. The Morgan fingerprint density at radius 1 is 1.38 bits per heavy atom. The van der Waals surface area contributed by atoms with Gasteiger partial charge in [-0.25, -0.2) is 0 Å². The Balaban J connectivity index is 1.58. The van der Waals surface area contributed by atoms with Crippen LogP contribution in [-0.2, 0) is 11.3 Å². The number of nitrogens with zero attached hydrogens (tertiary/aromatic N) is 2. The van der Waals surface area contributed by atoms with Crippen LogP contribution in [0.5, 0.6) is 0 Å². The van der Waals surface area contributed by atoms with Gasteiger partial charge in [-0.1, -0.05) is 44.2 Å². The zero-order chi connectivity index (χ0) is 17.1. The molecule has 1 aromatic heterocycles. The van der Waals surface area contributed by atoms with Crippen LogP contribution in [0.4, 0.5) is 0 Å². The van der Waals surface area contributed by atoms with Crippen molar-refractivity contribution in [2.45, 2.75) is 38.8 Å². The van der Waals surface area contributed by atoms with Gasteiger partial charge in [0, 0.05) is 25.2 Å². The number of likely N-dealkylation sites (tertiary alicyclic amines) is 1. The monoisotopic (exact) mass is 326 g/mol. The second kappa shape index (κ2) is 6.86. The molecule has 0 saturated carbocycles. The van der Waals surface area contributed by atoms with Gasteiger partial charge in [0.15, 0.2) is 0 Å². The molecule has 1 saturated heterocycles. The highest BCUT2D eigenvalue weighted by Gasteiger charge is 2.31. The molecule has 2 aromatic rings. The maximum absolute atomic E-state index is 12.3. The maximum Gasteiger partial charge on any atom is 0.272 e. The predicted molar refractivity (Wildman–Crippen MR) is 90.4 cm³/mol. The highest BCUT2D eigenvalue weighted by molar-refractivity contribution is 5.93. The average molecular weight is 326 g/mol. The van der Waals surface area contributed by atoms with Crippen LogP contribution in [-0.4, -0.2) is 39.5 Å². The summed E-state index contributed by atoms with van der Waals surface area (Å²) in [4.78, 5) is 26.2. The number of nitrogens with one attached hydrogen (secondary N) is 2. The van der Waals surface area contributed by atoms with Crippen molar-refractivity contribution in [1.82, 2.24) is 20.4 Å². The number of carbonyl (C=O) groups is 2. The normalized spacial score (nSPS) is 17.5. The first-order valence-corrected chi connectivity index (χ1v) is 8.21. The quantitative estimate of drug-likeness (QED) is 0.883. The standard InChI is InChI=1S/C18H22N4O2/c1-12(2)15-9-16(21-20-15)18(24)19-14-8-17(23)22(11-14)10-13-6-4-3-5-7-13/h3-7,9,12,14H,8,10-11H2,1-2H3,(H,19,24)(H,20,21). The summed E-state index contributed by atoms with van der Waals surface area (Å²) in [5.74, 6) is 0.111. The van der Waals surface area contributed by atoms with Gasteiger partial charge in [-0.2, -0.15) is 5.10 Å². The summed E-state index contributed by atoms with van der Waals surface area (Å²) < 4.78 is 0. The zero-order valence-electron chi connectivity index (χ0n) is 14.0. The second-order valence-corrected chi connectivity index (χ2v) is 6.50. The molecular formula is C18H22N4O2. The molecule has 2 amide bonds. The van der Waals surface area contributed by atoms with Gasteiger partial charge >= 0.3 is 0 Å². The smallest absolute Gasteiger partial charge is 0.272 e. The van der Waals surface area contributed by atoms with Gasteiger partial charge < -0.3 is 10.2 Å². The number of aromatic amines is 1. The minimum atomic E-state index is -0.238. The minimum absolute atomic E-state index is 0.0639. The molecule has 0 radical (unpaired) electrons. The largest absolute Gasteiger partial charge is 0.346 e. The van der Waals surface area contributed by atoms with Gasteiger partial charge in [0.25, 0.3) is 5.91 Å². The second-order valence-electron chi connectivity index (χ2n) is 6.50. The summed E-state index contributed by atoms with van der Waals surface area (Å²) in [5.41, 5.74) is 2.38. The van der Waals surface area contributed by atoms with E-state index in [4.69, 9.17) is 0 Å². The van der Waals surface area contributed by atoms with E-state index in [0.717, 1.165) is 11.3 Å². The van der Waals surface area contributed by atoms with Gasteiger partial charge in [-0.3, -0.25) is 14.7 Å². The number of aromatic nitrogens is 2. The summed E-state index contributed by atoms with van der Waals surface area (Å²) >= 11 is 0. The molecule has 6 heteroatoms. The Hall–Kier alpha value is -2.63. The van der Waals surface area contributed by atoms with Crippen LogP contribution in [0.2, 0.25) is 0 Å². The van der Waals surface area contributed by atoms with E-state index in [0.29, 0.717) is 25.2 Å². The Labute approximate surface area is 141 Å². The van der Waals surface area contributed by atoms with Crippen molar-refractivity contribution in [3.05, 3.63) is 53.3 Å². The maximum atomic E-state index is 12.3. The molecule has 1 aliphatic heterocycles. The zero-order valence-corrected chi connectivity index (χ0v) is 14.0. The van der Waals surface area contributed by atoms with Crippen molar-refractivity contribution in [1.29, 1.82) is 0 Å². The molecule has 0 aliphatic carbocycles. The Bertz CT molecular complexity index is 724. The lowest BCUT2D eigenvalue weighted by atomic mass is 10.1. The van der Waals surface area contributed by atoms with E-state index in [1.807, 2.05) is 44.2 Å². The van der Waals surface area contributed by atoms with E-state index >= 15 is 0 Å². The molecule has 1 fully saturated rings. The molecular weight excluding hydrogens is 304 g/mol. The number of amides is 2. The molecule has 126 valence electrons. The Morgan fingerprint density at radius 2 is 2.12 bits per heavy atom. The molecule has 2 N–H and O–H groups in total. The average Bonchev–Trinajstić information content (AvgIpc) is 3.16. The number of carbonyl (C=O) groups excluding carboxylic acids is 2. The van der Waals surface area contributed by atoms with Crippen molar-refractivity contribution in [3.8, 4) is 0 Å². The Morgan fingerprint density at radius 3 is 2.79 bits per heavy atom. The van der Waals surface area contributed by atoms with E-state index in [2.05, 4.69) is 15.5 Å². The van der Waals surface area contributed by atoms with Crippen LogP contribution in [0, 0.1) is 0 Å². The van der Waals surface area contributed by atoms with E-state index in [1.54, 1.807) is 11.0 Å². The van der Waals surface area contributed by atoms with E-state index < -0.39 is 0 Å². The lowest BCUT2D eigenvalue weighted by molar-refractivity contribution is -0.128. The van der Waals surface area contributed by atoms with Gasteiger partial charge in [0.1, 0.15) is 5.69 Å². The summed E-state index contributed by atoms with van der Waals surface area (Å²) in [7, 11) is 0. The van der Waals surface area contributed by atoms with Crippen molar-refractivity contribution in [3.63, 3.8) is 0 Å². The number of hydrogen-bond acceptors (Lipinski definition) is 3. The fourth-order valence-electron chi connectivity index (χ4n) is 2.83. The van der Waals surface area contributed by atoms with Crippen molar-refractivity contribution in [2.75, 3.05) is 6.54 Å². The summed E-state index contributed by atoms with van der Waals surface area (Å²) in [5, 5.41) is 9.83. The van der Waals surface area contributed by atoms with Crippen molar-refractivity contribution in [2.24, 2.45) is 0 Å². The van der Waals surface area contributed by atoms with Crippen LogP contribution < -0.4 is 5.32 Å². The summed E-state index contributed by atoms with van der Waals surface area (Å²) in [6, 6.07) is 11.4. The van der Waals surface area contributed by atoms with Crippen LogP contribution in [0.3, 0.4) is 0 Å². The van der Waals surface area contributed by atoms with Crippen molar-refractivity contribution < 1.29 is 9.59 Å². The summed E-state index contributed by atoms with van der Waals surface area (Å²) in [6.45, 7) is 5.17. The number of rotatable bonds is 5. The number of H-pyrrole nitrogens is 1. The molecule has 1 atom stereocenters. The fourth-order valence-corrected chi connectivity index (χ4v) is 2.83. The third-order valence-corrected chi connectivity index (χ3v) is 4.22. The van der Waals surface area contributed by atoms with E-state index in [-0.39, 0.29) is 23.8 Å². The first kappa shape index (κ1) is 16.2. The van der Waals surface area contributed by atoms with Gasteiger partial charge in [0.2, 0.25) is 5.91 Å². The molecule has 1 aromatic carbocycles. The number of hydrogen-bond donors (Lipinski definition) is 2. The van der Waals surface area contributed by atoms with E-state index in [9.17, 15) is 9.59 Å². The van der Waals surface area contributed by atoms with Gasteiger partial charge in [0.05, 0.1) is 6.04 Å². The Kier molecular flexibility index (Phi) is 4.64. The first-order chi connectivity index (χ1) is 11.5. The lowest BCUT2D eigenvalue weighted by Gasteiger charge is -2.17. The number of benzene rings is 1. The summed E-state index contributed by atoms with van der Waals surface area (Å²) in [6.07, 6.45) is 0.333. The highest BCUT2D eigenvalue weighted by Crippen LogP contribution is 2.16. The predicted octanol–water partition coefficient (Wildman–Crippen LogP) is 2.06. The van der Waals surface area contributed by atoms with Crippen LogP contribution in [0.25, 0.3) is 0 Å². The molecule has 24 heavy (non-hydrogen) atoms. The molecule has 1 unspecified atom stereocenters. The highest BCUT2D eigenvalue weighted by atomic mass is 16.2. The molecule has 6 nitrogen and oxygen atoms in total. The van der Waals surface area contributed by atoms with E-state index in [1.165, 1.54) is 0 Å². The fraction of sp³-hybridized carbons (Fsp3) is 0.389. The van der Waals surface area contributed by atoms with Crippen LogP contribution >= 0.6 is 0 Å². The van der Waals surface area contributed by atoms with Crippen LogP contribution in [0.1, 0.15) is 47.9 Å². The topological polar surface area (TPSA) is 78.1 Å². The molecule has 0 spiro atoms. The van der Waals surface area contributed by atoms with Gasteiger partial charge in [-0.05, 0) is 17.5 Å². The van der Waals surface area contributed by atoms with Crippen LogP contribution in [0.15, 0.2) is 36.4 Å².